The van der Waals surface area contributed by atoms with Gasteiger partial charge in [-0.15, -0.1) is 0 Å². The lowest BCUT2D eigenvalue weighted by molar-refractivity contribution is 0.591. The van der Waals surface area contributed by atoms with Crippen LogP contribution in [0.5, 0.6) is 0 Å². The molecule has 2 aliphatic heterocycles. The topological polar surface area (TPSA) is 48.5 Å². The largest absolute Gasteiger partial charge is 0.310 e. The van der Waals surface area contributed by atoms with Crippen molar-refractivity contribution < 1.29 is 0 Å². The van der Waals surface area contributed by atoms with Crippen LogP contribution in [0.1, 0.15) is 52.7 Å². The van der Waals surface area contributed by atoms with Crippen molar-refractivity contribution in [2.45, 2.75) is 52.4 Å². The van der Waals surface area contributed by atoms with E-state index < -0.39 is 0 Å². The zero-order valence-electron chi connectivity index (χ0n) is 40.8. The number of benzene rings is 9. The van der Waals surface area contributed by atoms with Crippen molar-refractivity contribution >= 4 is 66.7 Å². The Morgan fingerprint density at radius 3 is 1.18 bits per heavy atom. The van der Waals surface area contributed by atoms with E-state index in [0.717, 1.165) is 16.9 Å². The van der Waals surface area contributed by atoms with E-state index in [1.165, 1.54) is 116 Å². The minimum atomic E-state index is -0.133. The van der Waals surface area contributed by atoms with Gasteiger partial charge in [-0.2, -0.15) is 0 Å². The summed E-state index contributed by atoms with van der Waals surface area (Å²) in [5, 5.41) is 5.06. The number of rotatable bonds is 5. The Bertz CT molecular complexity index is 3900. The molecule has 0 aliphatic carbocycles. The molecule has 0 saturated heterocycles. The van der Waals surface area contributed by atoms with E-state index in [2.05, 4.69) is 238 Å². The Balaban J connectivity index is 1.23. The maximum Gasteiger partial charge on any atom is 0.252 e. The molecular weight excluding hydrogens is 862 g/mol. The van der Waals surface area contributed by atoms with E-state index in [4.69, 9.17) is 9.97 Å². The molecule has 0 spiro atoms. The van der Waals surface area contributed by atoms with Crippen LogP contribution in [0.15, 0.2) is 195 Å². The summed E-state index contributed by atoms with van der Waals surface area (Å²) in [7, 11) is 0. The first-order chi connectivity index (χ1) is 34.5. The minimum Gasteiger partial charge on any atom is -0.310 e. The molecular formula is C65H50BN5. The summed E-state index contributed by atoms with van der Waals surface area (Å²) in [6.07, 6.45) is 3.23. The van der Waals surface area contributed by atoms with Gasteiger partial charge in [0.2, 0.25) is 0 Å². The molecule has 3 aromatic heterocycles. The molecule has 2 aliphatic rings. The van der Waals surface area contributed by atoms with Crippen molar-refractivity contribution in [1.82, 2.24) is 24.1 Å². The Kier molecular flexibility index (Phi) is 8.84. The molecule has 14 rings (SSSR count). The van der Waals surface area contributed by atoms with Crippen LogP contribution < -0.4 is 16.4 Å². The second kappa shape index (κ2) is 15.1. The lowest BCUT2D eigenvalue weighted by atomic mass is 9.34. The Morgan fingerprint density at radius 1 is 0.394 bits per heavy atom. The molecule has 5 heterocycles. The van der Waals surface area contributed by atoms with Gasteiger partial charge in [-0.3, -0.25) is 0 Å². The smallest absolute Gasteiger partial charge is 0.252 e. The van der Waals surface area contributed by atoms with E-state index in [-0.39, 0.29) is 17.5 Å². The van der Waals surface area contributed by atoms with Gasteiger partial charge >= 0.3 is 0 Å². The van der Waals surface area contributed by atoms with E-state index in [0.29, 0.717) is 5.82 Å². The summed E-state index contributed by atoms with van der Waals surface area (Å²) < 4.78 is 5.22. The highest BCUT2D eigenvalue weighted by Gasteiger charge is 2.43. The molecule has 0 N–H and O–H groups in total. The Labute approximate surface area is 414 Å². The Morgan fingerprint density at radius 2 is 0.789 bits per heavy atom. The van der Waals surface area contributed by atoms with Crippen molar-refractivity contribution in [2.24, 2.45) is 0 Å². The second-order valence-corrected chi connectivity index (χ2v) is 21.7. The van der Waals surface area contributed by atoms with E-state index in [1.54, 1.807) is 12.7 Å². The fourth-order valence-corrected chi connectivity index (χ4v) is 12.0. The Hall–Kier alpha value is -8.35. The lowest BCUT2D eigenvalue weighted by Gasteiger charge is -2.35. The van der Waals surface area contributed by atoms with Gasteiger partial charge in [0.05, 0.1) is 11.0 Å². The molecule has 0 saturated carbocycles. The average Bonchev–Trinajstić information content (AvgIpc) is 3.92. The molecule has 0 unspecified atom stereocenters. The standard InChI is InChI=1S/C65H50BN5/c1-64(2,3)46-33-50-58-48(41-23-15-9-16-24-41)27-43(39-19-11-7-12-20-39)29-54(58)70-56-31-45(63-68-37-67-38-69-63)32-57-60(56)66(52(35-46)61(50)70)53-36-47(65(4,5)6)34-51-59-49(42-25-17-10-18-26-42)28-44(40-21-13-8-14-22-40)30-55(59)71(57)62(51)53/h7-38H,1-6H3. The maximum absolute atomic E-state index is 4.85. The van der Waals surface area contributed by atoms with Crippen molar-refractivity contribution in [3.05, 3.63) is 206 Å². The highest BCUT2D eigenvalue weighted by molar-refractivity contribution is 7.00. The number of nitrogens with zero attached hydrogens (tertiary/aromatic N) is 5. The van der Waals surface area contributed by atoms with Crippen LogP contribution in [-0.4, -0.2) is 30.8 Å². The van der Waals surface area contributed by atoms with Crippen LogP contribution in [0.3, 0.4) is 0 Å². The minimum absolute atomic E-state index is 0.0850. The zero-order valence-corrected chi connectivity index (χ0v) is 40.8. The van der Waals surface area contributed by atoms with Gasteiger partial charge in [-0.25, -0.2) is 15.0 Å². The van der Waals surface area contributed by atoms with Crippen LogP contribution in [0.4, 0.5) is 0 Å². The molecule has 9 aromatic carbocycles. The number of aromatic nitrogens is 5. The summed E-state index contributed by atoms with van der Waals surface area (Å²) in [6, 6.07) is 68.3. The summed E-state index contributed by atoms with van der Waals surface area (Å²) in [6.45, 7) is 14.1. The third-order valence-electron chi connectivity index (χ3n) is 15.4. The fraction of sp³-hybridized carbons (Fsp3) is 0.123. The summed E-state index contributed by atoms with van der Waals surface area (Å²) in [5.41, 5.74) is 24.0. The molecule has 0 atom stereocenters. The third-order valence-corrected chi connectivity index (χ3v) is 15.4. The highest BCUT2D eigenvalue weighted by Crippen LogP contribution is 2.48. The highest BCUT2D eigenvalue weighted by atomic mass is 15.0. The van der Waals surface area contributed by atoms with Crippen molar-refractivity contribution in [3.63, 3.8) is 0 Å². The molecule has 0 fully saturated rings. The number of fused-ring (bicyclic) bond motifs is 10. The molecule has 71 heavy (non-hydrogen) atoms. The SMILES string of the molecule is CC(C)(C)c1cc2c3c(c1)c1c(-c4ccccc4)cc(-c4ccccc4)cc1n3-c1cc(-c3ncncn3)cc3c1B2c1cc(C(C)(C)C)cc2c4c(-c5ccccc5)cc(-c5ccccc5)cc4n-3c12. The van der Waals surface area contributed by atoms with E-state index in [1.807, 2.05) is 0 Å². The van der Waals surface area contributed by atoms with E-state index in [9.17, 15) is 0 Å². The monoisotopic (exact) mass is 911 g/mol. The van der Waals surface area contributed by atoms with Gasteiger partial charge in [0.15, 0.2) is 5.82 Å². The summed E-state index contributed by atoms with van der Waals surface area (Å²) >= 11 is 0. The summed E-state index contributed by atoms with van der Waals surface area (Å²) in [4.78, 5) is 14.0. The normalized spacial score (nSPS) is 12.9. The van der Waals surface area contributed by atoms with Crippen LogP contribution in [0.25, 0.3) is 111 Å². The number of hydrogen-bond acceptors (Lipinski definition) is 3. The van der Waals surface area contributed by atoms with Crippen molar-refractivity contribution in [2.75, 3.05) is 0 Å². The van der Waals surface area contributed by atoms with E-state index >= 15 is 0 Å². The second-order valence-electron chi connectivity index (χ2n) is 21.7. The predicted molar refractivity (Wildman–Crippen MR) is 298 cm³/mol. The van der Waals surface area contributed by atoms with Gasteiger partial charge in [0, 0.05) is 49.5 Å². The van der Waals surface area contributed by atoms with Gasteiger partial charge in [-0.05, 0) is 131 Å². The van der Waals surface area contributed by atoms with Crippen LogP contribution >= 0.6 is 0 Å². The fourth-order valence-electron chi connectivity index (χ4n) is 12.0. The molecule has 5 nitrogen and oxygen atoms in total. The maximum atomic E-state index is 4.85. The molecule has 0 radical (unpaired) electrons. The van der Waals surface area contributed by atoms with Gasteiger partial charge in [0.1, 0.15) is 12.7 Å². The molecule has 6 heteroatoms. The third kappa shape index (κ3) is 6.23. The average molecular weight is 912 g/mol. The molecule has 0 amide bonds. The van der Waals surface area contributed by atoms with Gasteiger partial charge in [-0.1, -0.05) is 175 Å². The molecule has 338 valence electrons. The quantitative estimate of drug-likeness (QED) is 0.162. The zero-order chi connectivity index (χ0) is 47.9. The molecule has 12 aromatic rings. The van der Waals surface area contributed by atoms with Crippen LogP contribution in [-0.2, 0) is 10.8 Å². The first kappa shape index (κ1) is 41.6. The van der Waals surface area contributed by atoms with Crippen molar-refractivity contribution in [3.8, 4) is 67.3 Å². The van der Waals surface area contributed by atoms with Gasteiger partial charge < -0.3 is 9.13 Å². The molecule has 0 bridgehead atoms. The predicted octanol–water partition coefficient (Wildman–Crippen LogP) is 14.1. The van der Waals surface area contributed by atoms with Crippen LogP contribution in [0, 0.1) is 0 Å². The number of hydrogen-bond donors (Lipinski definition) is 0. The first-order valence-corrected chi connectivity index (χ1v) is 24.9. The van der Waals surface area contributed by atoms with Gasteiger partial charge in [0.25, 0.3) is 6.71 Å². The van der Waals surface area contributed by atoms with Crippen molar-refractivity contribution in [1.29, 1.82) is 0 Å². The summed E-state index contributed by atoms with van der Waals surface area (Å²) in [5.74, 6) is 0.642. The van der Waals surface area contributed by atoms with Crippen LogP contribution in [0.2, 0.25) is 0 Å². The lowest BCUT2D eigenvalue weighted by Crippen LogP contribution is -2.59. The first-order valence-electron chi connectivity index (χ1n) is 24.9.